The van der Waals surface area contributed by atoms with E-state index in [0.717, 1.165) is 23.4 Å². The smallest absolute Gasteiger partial charge is 0.277 e. The van der Waals surface area contributed by atoms with Crippen LogP contribution in [0.4, 0.5) is 0 Å². The number of para-hydroxylation sites is 2. The molecule has 6 nitrogen and oxygen atoms in total. The van der Waals surface area contributed by atoms with Crippen LogP contribution in [0.1, 0.15) is 22.5 Å². The van der Waals surface area contributed by atoms with Crippen molar-refractivity contribution >= 4 is 5.91 Å². The molecule has 0 saturated heterocycles. The Morgan fingerprint density at radius 2 is 1.79 bits per heavy atom. The second kappa shape index (κ2) is 9.08. The third-order valence-electron chi connectivity index (χ3n) is 4.46. The number of rotatable bonds is 8. The first-order valence-corrected chi connectivity index (χ1v) is 9.23. The van der Waals surface area contributed by atoms with Crippen molar-refractivity contribution in [3.8, 4) is 17.2 Å². The molecule has 0 unspecified atom stereocenters. The SMILES string of the molecule is COc1cn(-c2ccccc2)nc1C(=O)N(C)CCCOc1ccccc1C. The zero-order valence-electron chi connectivity index (χ0n) is 16.5. The summed E-state index contributed by atoms with van der Waals surface area (Å²) in [5, 5.41) is 4.43. The van der Waals surface area contributed by atoms with Crippen LogP contribution in [0.3, 0.4) is 0 Å². The highest BCUT2D eigenvalue weighted by Crippen LogP contribution is 2.21. The number of methoxy groups -OCH3 is 1. The lowest BCUT2D eigenvalue weighted by Crippen LogP contribution is -2.29. The first-order chi connectivity index (χ1) is 13.6. The van der Waals surface area contributed by atoms with Crippen LogP contribution >= 0.6 is 0 Å². The zero-order valence-corrected chi connectivity index (χ0v) is 16.5. The normalized spacial score (nSPS) is 10.5. The molecule has 28 heavy (non-hydrogen) atoms. The molecule has 0 saturated carbocycles. The monoisotopic (exact) mass is 379 g/mol. The van der Waals surface area contributed by atoms with Gasteiger partial charge in [0.15, 0.2) is 11.4 Å². The maximum absolute atomic E-state index is 12.8. The quantitative estimate of drug-likeness (QED) is 0.560. The summed E-state index contributed by atoms with van der Waals surface area (Å²) in [5.74, 6) is 1.15. The second-order valence-corrected chi connectivity index (χ2v) is 6.52. The van der Waals surface area contributed by atoms with E-state index in [4.69, 9.17) is 9.47 Å². The maximum atomic E-state index is 12.8. The van der Waals surface area contributed by atoms with Crippen molar-refractivity contribution < 1.29 is 14.3 Å². The molecular weight excluding hydrogens is 354 g/mol. The summed E-state index contributed by atoms with van der Waals surface area (Å²) < 4.78 is 12.8. The second-order valence-electron chi connectivity index (χ2n) is 6.52. The van der Waals surface area contributed by atoms with Crippen LogP contribution in [-0.2, 0) is 0 Å². The molecule has 0 N–H and O–H groups in total. The number of carbonyl (C=O) groups is 1. The minimum atomic E-state index is -0.178. The van der Waals surface area contributed by atoms with Crippen molar-refractivity contribution in [3.05, 3.63) is 72.1 Å². The van der Waals surface area contributed by atoms with Crippen LogP contribution in [0, 0.1) is 6.92 Å². The third-order valence-corrected chi connectivity index (χ3v) is 4.46. The molecular formula is C22H25N3O3. The van der Waals surface area contributed by atoms with Crippen LogP contribution in [-0.4, -0.2) is 47.9 Å². The minimum absolute atomic E-state index is 0.178. The topological polar surface area (TPSA) is 56.6 Å². The molecule has 0 aliphatic rings. The van der Waals surface area contributed by atoms with Crippen LogP contribution in [0.25, 0.3) is 5.69 Å². The lowest BCUT2D eigenvalue weighted by Gasteiger charge is -2.17. The Kier molecular flexibility index (Phi) is 6.32. The largest absolute Gasteiger partial charge is 0.493 e. The van der Waals surface area contributed by atoms with E-state index in [1.165, 1.54) is 0 Å². The van der Waals surface area contributed by atoms with Gasteiger partial charge in [0.2, 0.25) is 0 Å². The van der Waals surface area contributed by atoms with Gasteiger partial charge in [0, 0.05) is 13.6 Å². The van der Waals surface area contributed by atoms with Crippen LogP contribution in [0.2, 0.25) is 0 Å². The Balaban J connectivity index is 1.60. The Morgan fingerprint density at radius 3 is 2.50 bits per heavy atom. The summed E-state index contributed by atoms with van der Waals surface area (Å²) in [4.78, 5) is 14.5. The highest BCUT2D eigenvalue weighted by molar-refractivity contribution is 5.94. The van der Waals surface area contributed by atoms with Gasteiger partial charge in [-0.25, -0.2) is 4.68 Å². The number of nitrogens with zero attached hydrogens (tertiary/aromatic N) is 3. The van der Waals surface area contributed by atoms with Crippen LogP contribution < -0.4 is 9.47 Å². The lowest BCUT2D eigenvalue weighted by molar-refractivity contribution is 0.0778. The van der Waals surface area contributed by atoms with E-state index in [9.17, 15) is 4.79 Å². The summed E-state index contributed by atoms with van der Waals surface area (Å²) in [6, 6.07) is 17.5. The van der Waals surface area contributed by atoms with Crippen molar-refractivity contribution in [2.45, 2.75) is 13.3 Å². The van der Waals surface area contributed by atoms with E-state index in [2.05, 4.69) is 5.10 Å². The van der Waals surface area contributed by atoms with Gasteiger partial charge in [-0.3, -0.25) is 4.79 Å². The summed E-state index contributed by atoms with van der Waals surface area (Å²) >= 11 is 0. The molecule has 0 aliphatic heterocycles. The zero-order chi connectivity index (χ0) is 19.9. The van der Waals surface area contributed by atoms with Gasteiger partial charge < -0.3 is 14.4 Å². The molecule has 1 amide bonds. The summed E-state index contributed by atoms with van der Waals surface area (Å²) in [6.07, 6.45) is 2.44. The third kappa shape index (κ3) is 4.52. The number of hydrogen-bond donors (Lipinski definition) is 0. The highest BCUT2D eigenvalue weighted by Gasteiger charge is 2.21. The molecule has 0 aliphatic carbocycles. The maximum Gasteiger partial charge on any atom is 0.277 e. The predicted molar refractivity (Wildman–Crippen MR) is 108 cm³/mol. The predicted octanol–water partition coefficient (Wildman–Crippen LogP) is 3.73. The molecule has 0 atom stereocenters. The minimum Gasteiger partial charge on any atom is -0.493 e. The number of hydrogen-bond acceptors (Lipinski definition) is 4. The molecule has 0 fully saturated rings. The fraction of sp³-hybridized carbons (Fsp3) is 0.273. The van der Waals surface area contributed by atoms with E-state index in [1.807, 2.05) is 61.5 Å². The first kappa shape index (κ1) is 19.5. The van der Waals surface area contributed by atoms with Crippen LogP contribution in [0.5, 0.6) is 11.5 Å². The van der Waals surface area contributed by atoms with Gasteiger partial charge in [-0.1, -0.05) is 36.4 Å². The van der Waals surface area contributed by atoms with Crippen molar-refractivity contribution in [1.29, 1.82) is 0 Å². The molecule has 2 aromatic carbocycles. The molecule has 1 heterocycles. The lowest BCUT2D eigenvalue weighted by atomic mass is 10.2. The average Bonchev–Trinajstić information content (AvgIpc) is 3.17. The van der Waals surface area contributed by atoms with Crippen molar-refractivity contribution in [3.63, 3.8) is 0 Å². The molecule has 146 valence electrons. The van der Waals surface area contributed by atoms with Gasteiger partial charge in [0.05, 0.1) is 25.6 Å². The molecule has 3 rings (SSSR count). The fourth-order valence-electron chi connectivity index (χ4n) is 2.85. The molecule has 0 spiro atoms. The number of amides is 1. The van der Waals surface area contributed by atoms with E-state index in [0.29, 0.717) is 24.6 Å². The van der Waals surface area contributed by atoms with Crippen molar-refractivity contribution in [2.75, 3.05) is 27.3 Å². The number of benzene rings is 2. The molecule has 1 aromatic heterocycles. The molecule has 3 aromatic rings. The van der Waals surface area contributed by atoms with Gasteiger partial charge in [0.1, 0.15) is 5.75 Å². The summed E-state index contributed by atoms with van der Waals surface area (Å²) in [7, 11) is 3.30. The highest BCUT2D eigenvalue weighted by atomic mass is 16.5. The van der Waals surface area contributed by atoms with Crippen LogP contribution in [0.15, 0.2) is 60.8 Å². The Bertz CT molecular complexity index is 922. The van der Waals surface area contributed by atoms with Gasteiger partial charge in [-0.05, 0) is 37.1 Å². The van der Waals surface area contributed by atoms with E-state index in [1.54, 1.807) is 29.9 Å². The Morgan fingerprint density at radius 1 is 1.07 bits per heavy atom. The molecule has 6 heteroatoms. The van der Waals surface area contributed by atoms with Gasteiger partial charge >= 0.3 is 0 Å². The van der Waals surface area contributed by atoms with E-state index < -0.39 is 0 Å². The standard InChI is InChI=1S/C22H25N3O3/c1-17-10-7-8-13-19(17)28-15-9-14-24(2)22(26)21-20(27-3)16-25(23-21)18-11-5-4-6-12-18/h4-8,10-13,16H,9,14-15H2,1-3H3. The number of carbonyl (C=O) groups excluding carboxylic acids is 1. The van der Waals surface area contributed by atoms with E-state index in [-0.39, 0.29) is 5.91 Å². The Hall–Kier alpha value is -3.28. The Labute approximate surface area is 165 Å². The van der Waals surface area contributed by atoms with Crippen molar-refractivity contribution in [2.24, 2.45) is 0 Å². The molecule has 0 bridgehead atoms. The number of aryl methyl sites for hydroxylation is 1. The first-order valence-electron chi connectivity index (χ1n) is 9.23. The fourth-order valence-corrected chi connectivity index (χ4v) is 2.85. The summed E-state index contributed by atoms with van der Waals surface area (Å²) in [6.45, 7) is 3.12. The summed E-state index contributed by atoms with van der Waals surface area (Å²) in [5.41, 5.74) is 2.27. The average molecular weight is 379 g/mol. The number of ether oxygens (including phenoxy) is 2. The number of aromatic nitrogens is 2. The van der Waals surface area contributed by atoms with E-state index >= 15 is 0 Å². The van der Waals surface area contributed by atoms with Gasteiger partial charge in [-0.2, -0.15) is 5.10 Å². The van der Waals surface area contributed by atoms with Gasteiger partial charge in [0.25, 0.3) is 5.91 Å². The van der Waals surface area contributed by atoms with Crippen molar-refractivity contribution in [1.82, 2.24) is 14.7 Å². The molecule has 0 radical (unpaired) electrons. The van der Waals surface area contributed by atoms with Gasteiger partial charge in [-0.15, -0.1) is 0 Å².